The van der Waals surface area contributed by atoms with Gasteiger partial charge in [-0.05, 0) is 55.3 Å². The van der Waals surface area contributed by atoms with Gasteiger partial charge in [-0.2, -0.15) is 0 Å². The minimum atomic E-state index is -0.114. The summed E-state index contributed by atoms with van der Waals surface area (Å²) in [5.74, 6) is 1.04. The van der Waals surface area contributed by atoms with Gasteiger partial charge in [0.1, 0.15) is 0 Å². The minimum absolute atomic E-state index is 0.0797. The number of amides is 1. The molecule has 3 unspecified atom stereocenters. The smallest absolute Gasteiger partial charge is 0.226 e. The summed E-state index contributed by atoms with van der Waals surface area (Å²) in [5, 5.41) is 4.00. The van der Waals surface area contributed by atoms with Gasteiger partial charge >= 0.3 is 0 Å². The van der Waals surface area contributed by atoms with Crippen molar-refractivity contribution in [3.63, 3.8) is 0 Å². The van der Waals surface area contributed by atoms with Crippen LogP contribution in [0.25, 0.3) is 0 Å². The van der Waals surface area contributed by atoms with Crippen molar-refractivity contribution in [1.82, 2.24) is 5.32 Å². The van der Waals surface area contributed by atoms with Crippen molar-refractivity contribution in [1.29, 1.82) is 0 Å². The molecule has 4 heteroatoms. The molecule has 0 spiro atoms. The Morgan fingerprint density at radius 2 is 1.86 bits per heavy atom. The highest BCUT2D eigenvalue weighted by atomic mass is 79.9. The summed E-state index contributed by atoms with van der Waals surface area (Å²) in [5.41, 5.74) is 0.657. The van der Waals surface area contributed by atoms with Crippen molar-refractivity contribution >= 4 is 21.8 Å². The maximum Gasteiger partial charge on any atom is 0.226 e. The first-order valence-electron chi connectivity index (χ1n) is 8.18. The molecule has 4 aliphatic rings. The van der Waals surface area contributed by atoms with E-state index in [-0.39, 0.29) is 17.4 Å². The summed E-state index contributed by atoms with van der Waals surface area (Å²) < 4.78 is 5.21. The molecule has 21 heavy (non-hydrogen) atoms. The largest absolute Gasteiger partial charge is 0.383 e. The number of hydrogen-bond acceptors (Lipinski definition) is 2. The van der Waals surface area contributed by atoms with Gasteiger partial charge in [0.2, 0.25) is 5.91 Å². The van der Waals surface area contributed by atoms with E-state index in [9.17, 15) is 4.79 Å². The number of alkyl halides is 1. The summed E-state index contributed by atoms with van der Waals surface area (Å²) in [6, 6.07) is 0.0797. The molecule has 1 amide bonds. The van der Waals surface area contributed by atoms with E-state index >= 15 is 0 Å². The molecule has 4 bridgehead atoms. The number of nitrogens with one attached hydrogen (secondary N) is 1. The average molecular weight is 358 g/mol. The van der Waals surface area contributed by atoms with E-state index in [0.29, 0.717) is 17.4 Å². The summed E-state index contributed by atoms with van der Waals surface area (Å²) in [6.45, 7) is 5.40. The zero-order chi connectivity index (χ0) is 15.3. The molecule has 0 aliphatic heterocycles. The third-order valence-corrected chi connectivity index (χ3v) is 6.78. The van der Waals surface area contributed by atoms with Crippen molar-refractivity contribution in [2.45, 2.75) is 58.4 Å². The molecule has 0 aromatic heterocycles. The number of ether oxygens (including phenoxy) is 1. The van der Waals surface area contributed by atoms with Gasteiger partial charge < -0.3 is 10.1 Å². The van der Waals surface area contributed by atoms with Gasteiger partial charge in [0, 0.05) is 12.4 Å². The number of methoxy groups -OCH3 is 1. The van der Waals surface area contributed by atoms with Crippen LogP contribution >= 0.6 is 15.9 Å². The van der Waals surface area contributed by atoms with Crippen LogP contribution in [-0.2, 0) is 9.53 Å². The van der Waals surface area contributed by atoms with E-state index in [4.69, 9.17) is 4.74 Å². The van der Waals surface area contributed by atoms with Gasteiger partial charge in [-0.25, -0.2) is 0 Å². The number of carbonyl (C=O) groups excluding carboxylic acids is 1. The van der Waals surface area contributed by atoms with Crippen molar-refractivity contribution < 1.29 is 9.53 Å². The minimum Gasteiger partial charge on any atom is -0.383 e. The molecule has 4 saturated carbocycles. The molecular formula is C17H28BrNO2. The Morgan fingerprint density at radius 3 is 2.33 bits per heavy atom. The molecule has 0 heterocycles. The summed E-state index contributed by atoms with van der Waals surface area (Å²) in [7, 11) is 1.69. The fraction of sp³-hybridized carbons (Fsp3) is 0.941. The maximum absolute atomic E-state index is 13.0. The van der Waals surface area contributed by atoms with Crippen LogP contribution in [0.3, 0.4) is 0 Å². The Labute approximate surface area is 136 Å². The summed E-state index contributed by atoms with van der Waals surface area (Å²) in [6.07, 6.45) is 7.24. The van der Waals surface area contributed by atoms with Crippen molar-refractivity contribution in [3.05, 3.63) is 0 Å². The van der Waals surface area contributed by atoms with Gasteiger partial charge in [0.05, 0.1) is 18.1 Å². The van der Waals surface area contributed by atoms with Gasteiger partial charge in [-0.3, -0.25) is 4.79 Å². The van der Waals surface area contributed by atoms with E-state index in [1.54, 1.807) is 7.11 Å². The zero-order valence-corrected chi connectivity index (χ0v) is 15.1. The van der Waals surface area contributed by atoms with Crippen LogP contribution in [0.15, 0.2) is 0 Å². The SMILES string of the molecule is COCC(CBr)NC(=O)C12CC3CC(C)(CC(C)(C3)C1)C2. The number of carbonyl (C=O) groups is 1. The molecule has 3 nitrogen and oxygen atoms in total. The third kappa shape index (κ3) is 2.78. The molecule has 0 aromatic carbocycles. The first kappa shape index (κ1) is 15.8. The van der Waals surface area contributed by atoms with Gasteiger partial charge in [0.15, 0.2) is 0 Å². The zero-order valence-electron chi connectivity index (χ0n) is 13.5. The first-order valence-corrected chi connectivity index (χ1v) is 9.30. The molecule has 4 rings (SSSR count). The quantitative estimate of drug-likeness (QED) is 0.764. The topological polar surface area (TPSA) is 38.3 Å². The van der Waals surface area contributed by atoms with Crippen LogP contribution in [0.5, 0.6) is 0 Å². The lowest BCUT2D eigenvalue weighted by Crippen LogP contribution is -2.61. The molecule has 4 aliphatic carbocycles. The second-order valence-corrected chi connectivity index (χ2v) is 9.34. The highest BCUT2D eigenvalue weighted by molar-refractivity contribution is 9.09. The first-order chi connectivity index (χ1) is 9.82. The molecule has 0 aromatic rings. The van der Waals surface area contributed by atoms with Crippen molar-refractivity contribution in [2.24, 2.45) is 22.2 Å². The predicted octanol–water partition coefficient (Wildman–Crippen LogP) is 3.51. The lowest BCUT2D eigenvalue weighted by Gasteiger charge is -2.64. The average Bonchev–Trinajstić information content (AvgIpc) is 2.33. The second-order valence-electron chi connectivity index (χ2n) is 8.69. The monoisotopic (exact) mass is 357 g/mol. The Bertz CT molecular complexity index is 421. The van der Waals surface area contributed by atoms with E-state index in [2.05, 4.69) is 35.1 Å². The summed E-state index contributed by atoms with van der Waals surface area (Å²) >= 11 is 3.48. The van der Waals surface area contributed by atoms with Crippen LogP contribution in [0, 0.1) is 22.2 Å². The standard InChI is InChI=1S/C17H28BrNO2/c1-15-4-12-5-16(2,9-15)11-17(6-12,10-15)14(20)19-13(7-18)8-21-3/h12-13H,4-11H2,1-3H3,(H,19,20). The van der Waals surface area contributed by atoms with Crippen LogP contribution in [0.4, 0.5) is 0 Å². The Hall–Kier alpha value is -0.0900. The molecular weight excluding hydrogens is 330 g/mol. The molecule has 4 fully saturated rings. The number of rotatable bonds is 5. The van der Waals surface area contributed by atoms with E-state index in [0.717, 1.165) is 30.5 Å². The number of halogens is 1. The Morgan fingerprint density at radius 1 is 1.24 bits per heavy atom. The molecule has 0 radical (unpaired) electrons. The fourth-order valence-corrected chi connectivity index (χ4v) is 6.71. The highest BCUT2D eigenvalue weighted by Crippen LogP contribution is 2.69. The van der Waals surface area contributed by atoms with E-state index in [1.807, 2.05) is 0 Å². The van der Waals surface area contributed by atoms with Crippen LogP contribution in [-0.4, -0.2) is 31.0 Å². The van der Waals surface area contributed by atoms with Crippen LogP contribution in [0.1, 0.15) is 52.4 Å². The van der Waals surface area contributed by atoms with Gasteiger partial charge in [0.25, 0.3) is 0 Å². The third-order valence-electron chi connectivity index (χ3n) is 6.00. The molecule has 0 saturated heterocycles. The van der Waals surface area contributed by atoms with E-state index < -0.39 is 0 Å². The number of hydrogen-bond donors (Lipinski definition) is 1. The lowest BCUT2D eigenvalue weighted by molar-refractivity contribution is -0.170. The Balaban J connectivity index is 1.79. The van der Waals surface area contributed by atoms with Gasteiger partial charge in [-0.15, -0.1) is 0 Å². The van der Waals surface area contributed by atoms with Crippen LogP contribution < -0.4 is 5.32 Å². The van der Waals surface area contributed by atoms with Crippen LogP contribution in [0.2, 0.25) is 0 Å². The van der Waals surface area contributed by atoms with E-state index in [1.165, 1.54) is 19.3 Å². The summed E-state index contributed by atoms with van der Waals surface area (Å²) in [4.78, 5) is 13.0. The Kier molecular flexibility index (Phi) is 3.93. The second kappa shape index (κ2) is 5.23. The maximum atomic E-state index is 13.0. The predicted molar refractivity (Wildman–Crippen MR) is 87.4 cm³/mol. The van der Waals surface area contributed by atoms with Crippen molar-refractivity contribution in [3.8, 4) is 0 Å². The fourth-order valence-electron chi connectivity index (χ4n) is 6.37. The lowest BCUT2D eigenvalue weighted by atomic mass is 9.40. The van der Waals surface area contributed by atoms with Gasteiger partial charge in [-0.1, -0.05) is 29.8 Å². The molecule has 3 atom stereocenters. The normalized spacial score (nSPS) is 45.6. The van der Waals surface area contributed by atoms with Crippen molar-refractivity contribution in [2.75, 3.05) is 19.0 Å². The highest BCUT2D eigenvalue weighted by Gasteiger charge is 2.62. The molecule has 120 valence electrons. The molecule has 1 N–H and O–H groups in total.